The summed E-state index contributed by atoms with van der Waals surface area (Å²) in [7, 11) is 0. The first-order chi connectivity index (χ1) is 5.53. The van der Waals surface area contributed by atoms with E-state index in [1.807, 2.05) is 0 Å². The van der Waals surface area contributed by atoms with Gasteiger partial charge in [-0.05, 0) is 35.8 Å². The lowest BCUT2D eigenvalue weighted by atomic mass is 10.1. The van der Waals surface area contributed by atoms with Gasteiger partial charge in [-0.15, -0.1) is 0 Å². The standard InChI is InChI=1S/C10H13ClO/c1-10(2)7(5-6-3-4-6)8(10)9(11)12/h5,7-8H,3-4H2,1-2H3/t7-,8-/m0/s1. The summed E-state index contributed by atoms with van der Waals surface area (Å²) in [6, 6.07) is 0. The quantitative estimate of drug-likeness (QED) is 0.477. The van der Waals surface area contributed by atoms with Crippen LogP contribution in [0.1, 0.15) is 26.7 Å². The maximum Gasteiger partial charge on any atom is 0.225 e. The molecule has 0 amide bonds. The van der Waals surface area contributed by atoms with Crippen LogP contribution in [0.4, 0.5) is 0 Å². The van der Waals surface area contributed by atoms with Gasteiger partial charge in [0.2, 0.25) is 5.24 Å². The zero-order chi connectivity index (χ0) is 8.93. The SMILES string of the molecule is CC1(C)[C@H](C(=O)Cl)[C@@H]1C=C1CC1. The van der Waals surface area contributed by atoms with Gasteiger partial charge in [0.25, 0.3) is 0 Å². The molecule has 0 aromatic heterocycles. The molecule has 66 valence electrons. The smallest absolute Gasteiger partial charge is 0.225 e. The van der Waals surface area contributed by atoms with Gasteiger partial charge < -0.3 is 0 Å². The second-order valence-electron chi connectivity index (χ2n) is 4.45. The molecule has 0 heterocycles. The van der Waals surface area contributed by atoms with Crippen molar-refractivity contribution >= 4 is 16.8 Å². The number of carbonyl (C=O) groups excluding carboxylic acids is 1. The summed E-state index contributed by atoms with van der Waals surface area (Å²) in [5.41, 5.74) is 1.63. The van der Waals surface area contributed by atoms with Crippen molar-refractivity contribution in [2.75, 3.05) is 0 Å². The van der Waals surface area contributed by atoms with Crippen LogP contribution in [0.2, 0.25) is 0 Å². The van der Waals surface area contributed by atoms with Gasteiger partial charge >= 0.3 is 0 Å². The molecule has 0 aromatic rings. The van der Waals surface area contributed by atoms with Crippen molar-refractivity contribution in [2.24, 2.45) is 17.3 Å². The van der Waals surface area contributed by atoms with E-state index in [1.54, 1.807) is 0 Å². The van der Waals surface area contributed by atoms with E-state index in [2.05, 4.69) is 19.9 Å². The molecule has 0 N–H and O–H groups in total. The predicted molar refractivity (Wildman–Crippen MR) is 48.9 cm³/mol. The molecule has 2 rings (SSSR count). The Morgan fingerprint density at radius 2 is 2.17 bits per heavy atom. The van der Waals surface area contributed by atoms with Crippen molar-refractivity contribution in [3.8, 4) is 0 Å². The summed E-state index contributed by atoms with van der Waals surface area (Å²) in [4.78, 5) is 11.0. The zero-order valence-corrected chi connectivity index (χ0v) is 8.19. The Hall–Kier alpha value is -0.300. The van der Waals surface area contributed by atoms with E-state index in [0.717, 1.165) is 0 Å². The molecule has 2 fully saturated rings. The van der Waals surface area contributed by atoms with E-state index in [4.69, 9.17) is 11.6 Å². The minimum atomic E-state index is -0.164. The van der Waals surface area contributed by atoms with Crippen molar-refractivity contribution in [2.45, 2.75) is 26.7 Å². The highest BCUT2D eigenvalue weighted by Gasteiger charge is 2.60. The Labute approximate surface area is 77.8 Å². The molecule has 2 aliphatic rings. The van der Waals surface area contributed by atoms with Crippen LogP contribution in [0.3, 0.4) is 0 Å². The predicted octanol–water partition coefficient (Wildman–Crippen LogP) is 2.74. The van der Waals surface area contributed by atoms with Crippen LogP contribution >= 0.6 is 11.6 Å². The van der Waals surface area contributed by atoms with Crippen molar-refractivity contribution in [1.82, 2.24) is 0 Å². The minimum Gasteiger partial charge on any atom is -0.281 e. The summed E-state index contributed by atoms with van der Waals surface area (Å²) < 4.78 is 0. The monoisotopic (exact) mass is 184 g/mol. The maximum absolute atomic E-state index is 11.0. The molecule has 2 atom stereocenters. The fourth-order valence-corrected chi connectivity index (χ4v) is 2.33. The average molecular weight is 185 g/mol. The molecular weight excluding hydrogens is 172 g/mol. The lowest BCUT2D eigenvalue weighted by Crippen LogP contribution is -1.96. The van der Waals surface area contributed by atoms with Gasteiger partial charge in [0.15, 0.2) is 0 Å². The van der Waals surface area contributed by atoms with Crippen LogP contribution in [-0.4, -0.2) is 5.24 Å². The zero-order valence-electron chi connectivity index (χ0n) is 7.43. The van der Waals surface area contributed by atoms with Gasteiger partial charge in [-0.25, -0.2) is 0 Å². The van der Waals surface area contributed by atoms with Crippen molar-refractivity contribution in [3.05, 3.63) is 11.6 Å². The molecule has 2 heteroatoms. The van der Waals surface area contributed by atoms with Gasteiger partial charge in [0.05, 0.1) is 0 Å². The topological polar surface area (TPSA) is 17.1 Å². The molecule has 2 aliphatic carbocycles. The number of halogens is 1. The normalized spacial score (nSPS) is 36.1. The van der Waals surface area contributed by atoms with Crippen LogP contribution < -0.4 is 0 Å². The first-order valence-electron chi connectivity index (χ1n) is 4.42. The number of carbonyl (C=O) groups is 1. The first kappa shape index (κ1) is 8.31. The number of allylic oxidation sites excluding steroid dienone is 2. The summed E-state index contributed by atoms with van der Waals surface area (Å²) in [5, 5.41) is -0.164. The Morgan fingerprint density at radius 1 is 1.58 bits per heavy atom. The van der Waals surface area contributed by atoms with Gasteiger partial charge in [-0.2, -0.15) is 0 Å². The second-order valence-corrected chi connectivity index (χ2v) is 4.83. The van der Waals surface area contributed by atoms with Crippen LogP contribution in [0.25, 0.3) is 0 Å². The van der Waals surface area contributed by atoms with Gasteiger partial charge in [0.1, 0.15) is 0 Å². The van der Waals surface area contributed by atoms with Crippen LogP contribution in [0.15, 0.2) is 11.6 Å². The van der Waals surface area contributed by atoms with E-state index >= 15 is 0 Å². The van der Waals surface area contributed by atoms with E-state index < -0.39 is 0 Å². The highest BCUT2D eigenvalue weighted by molar-refractivity contribution is 6.64. The Bertz CT molecular complexity index is 259. The summed E-state index contributed by atoms with van der Waals surface area (Å²) in [6.07, 6.45) is 4.72. The van der Waals surface area contributed by atoms with E-state index in [0.29, 0.717) is 5.92 Å². The fraction of sp³-hybridized carbons (Fsp3) is 0.700. The molecule has 0 bridgehead atoms. The van der Waals surface area contributed by atoms with Gasteiger partial charge in [0, 0.05) is 5.92 Å². The van der Waals surface area contributed by atoms with E-state index in [1.165, 1.54) is 18.4 Å². The number of hydrogen-bond donors (Lipinski definition) is 0. The lowest BCUT2D eigenvalue weighted by Gasteiger charge is -1.95. The minimum absolute atomic E-state index is 0.0762. The first-order valence-corrected chi connectivity index (χ1v) is 4.80. The highest BCUT2D eigenvalue weighted by atomic mass is 35.5. The maximum atomic E-state index is 11.0. The third-order valence-corrected chi connectivity index (χ3v) is 3.34. The third kappa shape index (κ3) is 1.20. The molecular formula is C10H13ClO. The lowest BCUT2D eigenvalue weighted by molar-refractivity contribution is -0.113. The molecule has 0 radical (unpaired) electrons. The summed E-state index contributed by atoms with van der Waals surface area (Å²) in [6.45, 7) is 4.23. The second kappa shape index (κ2) is 2.35. The Morgan fingerprint density at radius 3 is 2.50 bits per heavy atom. The Kier molecular flexibility index (Phi) is 1.63. The van der Waals surface area contributed by atoms with Crippen LogP contribution in [0.5, 0.6) is 0 Å². The van der Waals surface area contributed by atoms with Crippen LogP contribution in [-0.2, 0) is 4.79 Å². The van der Waals surface area contributed by atoms with Crippen molar-refractivity contribution in [3.63, 3.8) is 0 Å². The molecule has 0 aromatic carbocycles. The van der Waals surface area contributed by atoms with Gasteiger partial charge in [-0.1, -0.05) is 25.5 Å². The van der Waals surface area contributed by atoms with Gasteiger partial charge in [-0.3, -0.25) is 4.79 Å². The highest BCUT2D eigenvalue weighted by Crippen LogP contribution is 2.61. The van der Waals surface area contributed by atoms with E-state index in [9.17, 15) is 4.79 Å². The summed E-state index contributed by atoms with van der Waals surface area (Å²) in [5.74, 6) is 0.493. The van der Waals surface area contributed by atoms with Crippen LogP contribution in [0, 0.1) is 17.3 Å². The van der Waals surface area contributed by atoms with E-state index in [-0.39, 0.29) is 16.6 Å². The molecule has 0 saturated heterocycles. The number of rotatable bonds is 2. The van der Waals surface area contributed by atoms with Crippen molar-refractivity contribution in [1.29, 1.82) is 0 Å². The fourth-order valence-electron chi connectivity index (χ4n) is 1.91. The molecule has 0 spiro atoms. The summed E-state index contributed by atoms with van der Waals surface area (Å²) >= 11 is 5.49. The largest absolute Gasteiger partial charge is 0.281 e. The van der Waals surface area contributed by atoms with Crippen molar-refractivity contribution < 1.29 is 4.79 Å². The third-order valence-electron chi connectivity index (χ3n) is 3.11. The average Bonchev–Trinajstić information content (AvgIpc) is 2.75. The molecule has 0 aliphatic heterocycles. The number of hydrogen-bond acceptors (Lipinski definition) is 1. The molecule has 0 unspecified atom stereocenters. The molecule has 2 saturated carbocycles. The molecule has 1 nitrogen and oxygen atoms in total. The Balaban J connectivity index is 2.10. The molecule has 12 heavy (non-hydrogen) atoms.